The molecule has 0 spiro atoms. The molecule has 6 nitrogen and oxygen atoms in total. The summed E-state index contributed by atoms with van der Waals surface area (Å²) in [6, 6.07) is 12.2. The molecule has 0 amide bonds. The van der Waals surface area contributed by atoms with Crippen molar-refractivity contribution < 1.29 is 17.7 Å². The van der Waals surface area contributed by atoms with Gasteiger partial charge in [0.2, 0.25) is 0 Å². The highest BCUT2D eigenvalue weighted by molar-refractivity contribution is 7.94. The Morgan fingerprint density at radius 1 is 1.27 bits per heavy atom. The fraction of sp³-hybridized carbons (Fsp3) is 0.278. The molecule has 0 bridgehead atoms. The summed E-state index contributed by atoms with van der Waals surface area (Å²) < 4.78 is 38.9. The fourth-order valence-corrected chi connectivity index (χ4v) is 5.32. The lowest BCUT2D eigenvalue weighted by Crippen LogP contribution is -2.30. The average Bonchev–Trinajstić information content (AvgIpc) is 3.15. The topological polar surface area (TPSA) is 72.6 Å². The molecule has 0 aliphatic heterocycles. The molecule has 0 saturated heterocycles. The van der Waals surface area contributed by atoms with Gasteiger partial charge in [-0.15, -0.1) is 11.3 Å². The highest BCUT2D eigenvalue weighted by atomic mass is 32.2. The Hall–Kier alpha value is -2.32. The summed E-state index contributed by atoms with van der Waals surface area (Å²) >= 11 is 1.18. The summed E-state index contributed by atoms with van der Waals surface area (Å²) in [4.78, 5) is 0. The number of hydrogen-bond donors (Lipinski definition) is 0. The predicted molar refractivity (Wildman–Crippen MR) is 99.2 cm³/mol. The molecule has 8 heteroatoms. The lowest BCUT2D eigenvalue weighted by atomic mass is 10.2. The quantitative estimate of drug-likeness (QED) is 0.609. The van der Waals surface area contributed by atoms with Gasteiger partial charge in [-0.05, 0) is 36.4 Å². The highest BCUT2D eigenvalue weighted by Crippen LogP contribution is 2.40. The Labute approximate surface area is 156 Å². The van der Waals surface area contributed by atoms with E-state index in [9.17, 15) is 8.42 Å². The second kappa shape index (κ2) is 6.77. The van der Waals surface area contributed by atoms with Gasteiger partial charge in [0.25, 0.3) is 10.0 Å². The van der Waals surface area contributed by atoms with E-state index < -0.39 is 10.0 Å². The maximum atomic E-state index is 13.2. The van der Waals surface area contributed by atoms with E-state index in [4.69, 9.17) is 9.26 Å². The summed E-state index contributed by atoms with van der Waals surface area (Å²) in [7, 11) is -2.23. The molecule has 1 saturated carbocycles. The Balaban J connectivity index is 1.75. The lowest BCUT2D eigenvalue weighted by Gasteiger charge is -2.24. The molecule has 1 aromatic carbocycles. The maximum absolute atomic E-state index is 13.2. The number of para-hydroxylation sites is 2. The van der Waals surface area contributed by atoms with Gasteiger partial charge >= 0.3 is 0 Å². The first-order valence-electron chi connectivity index (χ1n) is 8.24. The first-order chi connectivity index (χ1) is 12.6. The van der Waals surface area contributed by atoms with Gasteiger partial charge in [-0.3, -0.25) is 4.31 Å². The van der Waals surface area contributed by atoms with E-state index in [1.807, 2.05) is 6.07 Å². The second-order valence-corrected chi connectivity index (χ2v) is 9.14. The third-order valence-electron chi connectivity index (χ3n) is 4.27. The minimum atomic E-state index is -3.75. The maximum Gasteiger partial charge on any atom is 0.274 e. The molecule has 0 N–H and O–H groups in total. The molecule has 136 valence electrons. The van der Waals surface area contributed by atoms with Crippen LogP contribution in [0.25, 0.3) is 0 Å². The number of rotatable bonds is 7. The molecular formula is C18H18N2O4S2. The van der Waals surface area contributed by atoms with Crippen molar-refractivity contribution in [3.63, 3.8) is 0 Å². The number of nitrogens with zero attached hydrogens (tertiary/aromatic N) is 2. The van der Waals surface area contributed by atoms with Gasteiger partial charge in [-0.2, -0.15) is 0 Å². The van der Waals surface area contributed by atoms with Gasteiger partial charge in [0.05, 0.1) is 25.0 Å². The van der Waals surface area contributed by atoms with E-state index in [0.717, 1.165) is 18.5 Å². The predicted octanol–water partition coefficient (Wildman–Crippen LogP) is 4.02. The van der Waals surface area contributed by atoms with Crippen LogP contribution in [-0.2, 0) is 16.6 Å². The molecular weight excluding hydrogens is 372 g/mol. The van der Waals surface area contributed by atoms with E-state index in [1.54, 1.807) is 41.8 Å². The average molecular weight is 390 g/mol. The minimum Gasteiger partial charge on any atom is -0.495 e. The van der Waals surface area contributed by atoms with Gasteiger partial charge in [0, 0.05) is 12.0 Å². The lowest BCUT2D eigenvalue weighted by molar-refractivity contribution is 0.377. The number of hydrogen-bond acceptors (Lipinski definition) is 6. The molecule has 0 unspecified atom stereocenters. The van der Waals surface area contributed by atoms with E-state index in [0.29, 0.717) is 23.1 Å². The van der Waals surface area contributed by atoms with Gasteiger partial charge in [0.15, 0.2) is 5.76 Å². The third-order valence-corrected chi connectivity index (χ3v) is 7.40. The van der Waals surface area contributed by atoms with Crippen LogP contribution in [-0.4, -0.2) is 20.7 Å². The zero-order valence-corrected chi connectivity index (χ0v) is 15.8. The van der Waals surface area contributed by atoms with E-state index in [2.05, 4.69) is 5.16 Å². The SMILES string of the molecule is COc1ccccc1N(Cc1cc(C2CC2)no1)S(=O)(=O)c1cccs1. The van der Waals surface area contributed by atoms with E-state index in [-0.39, 0.29) is 10.8 Å². The van der Waals surface area contributed by atoms with Crippen molar-refractivity contribution in [1.29, 1.82) is 0 Å². The van der Waals surface area contributed by atoms with Crippen LogP contribution in [0.3, 0.4) is 0 Å². The minimum absolute atomic E-state index is 0.0559. The molecule has 4 rings (SSSR count). The Morgan fingerprint density at radius 2 is 2.08 bits per heavy atom. The first-order valence-corrected chi connectivity index (χ1v) is 10.6. The highest BCUT2D eigenvalue weighted by Gasteiger charge is 2.31. The molecule has 0 radical (unpaired) electrons. The van der Waals surface area contributed by atoms with Gasteiger partial charge in [-0.25, -0.2) is 8.42 Å². The molecule has 1 aliphatic rings. The zero-order chi connectivity index (χ0) is 18.1. The van der Waals surface area contributed by atoms with Crippen LogP contribution >= 0.6 is 11.3 Å². The number of methoxy groups -OCH3 is 1. The summed E-state index contributed by atoms with van der Waals surface area (Å²) in [6.45, 7) is 0.0559. The standard InChI is InChI=1S/C18H18N2O4S2/c1-23-17-6-3-2-5-16(17)20(26(21,22)18-7-4-10-25-18)12-14-11-15(19-24-14)13-8-9-13/h2-7,10-11,13H,8-9,12H2,1H3. The largest absolute Gasteiger partial charge is 0.495 e. The normalized spacial score (nSPS) is 14.3. The van der Waals surface area contributed by atoms with Crippen molar-refractivity contribution in [2.75, 3.05) is 11.4 Å². The van der Waals surface area contributed by atoms with Crippen molar-refractivity contribution >= 4 is 27.0 Å². The summed E-state index contributed by atoms with van der Waals surface area (Å²) in [6.07, 6.45) is 2.21. The molecule has 26 heavy (non-hydrogen) atoms. The fourth-order valence-electron chi connectivity index (χ4n) is 2.77. The molecule has 1 fully saturated rings. The number of aromatic nitrogens is 1. The van der Waals surface area contributed by atoms with Crippen LogP contribution in [0.4, 0.5) is 5.69 Å². The van der Waals surface area contributed by atoms with Crippen molar-refractivity contribution in [2.45, 2.75) is 29.5 Å². The smallest absolute Gasteiger partial charge is 0.274 e. The van der Waals surface area contributed by atoms with Crippen molar-refractivity contribution in [3.8, 4) is 5.75 Å². The number of anilines is 1. The first kappa shape index (κ1) is 17.1. The van der Waals surface area contributed by atoms with Crippen LogP contribution in [0, 0.1) is 0 Å². The van der Waals surface area contributed by atoms with E-state index >= 15 is 0 Å². The number of thiophene rings is 1. The number of benzene rings is 1. The second-order valence-electron chi connectivity index (χ2n) is 6.11. The van der Waals surface area contributed by atoms with Gasteiger partial charge < -0.3 is 9.26 Å². The number of sulfonamides is 1. The molecule has 3 aromatic rings. The van der Waals surface area contributed by atoms with Crippen LogP contribution in [0.15, 0.2) is 56.6 Å². The Kier molecular flexibility index (Phi) is 4.46. The summed E-state index contributed by atoms with van der Waals surface area (Å²) in [5, 5.41) is 5.83. The van der Waals surface area contributed by atoms with Crippen LogP contribution < -0.4 is 9.04 Å². The molecule has 2 heterocycles. The van der Waals surface area contributed by atoms with Crippen molar-refractivity contribution in [1.82, 2.24) is 5.16 Å². The monoisotopic (exact) mass is 390 g/mol. The third kappa shape index (κ3) is 3.22. The van der Waals surface area contributed by atoms with Crippen LogP contribution in [0.2, 0.25) is 0 Å². The molecule has 0 atom stereocenters. The van der Waals surface area contributed by atoms with Crippen molar-refractivity contribution in [3.05, 3.63) is 59.3 Å². The Morgan fingerprint density at radius 3 is 2.77 bits per heavy atom. The summed E-state index contributed by atoms with van der Waals surface area (Å²) in [5.41, 5.74) is 1.36. The van der Waals surface area contributed by atoms with Crippen LogP contribution in [0.1, 0.15) is 30.2 Å². The zero-order valence-electron chi connectivity index (χ0n) is 14.2. The van der Waals surface area contributed by atoms with Gasteiger partial charge in [0.1, 0.15) is 9.96 Å². The molecule has 2 aromatic heterocycles. The summed E-state index contributed by atoms with van der Waals surface area (Å²) in [5.74, 6) is 1.44. The molecule has 1 aliphatic carbocycles. The van der Waals surface area contributed by atoms with Gasteiger partial charge in [-0.1, -0.05) is 23.4 Å². The van der Waals surface area contributed by atoms with Crippen LogP contribution in [0.5, 0.6) is 5.75 Å². The number of ether oxygens (including phenoxy) is 1. The van der Waals surface area contributed by atoms with E-state index in [1.165, 1.54) is 22.8 Å². The van der Waals surface area contributed by atoms with Crippen molar-refractivity contribution in [2.24, 2.45) is 0 Å². The Bertz CT molecular complexity index is 992.